The monoisotopic (exact) mass is 290 g/mol. The Morgan fingerprint density at radius 2 is 2.27 bits per heavy atom. The molecule has 1 aromatic carbocycles. The smallest absolute Gasteiger partial charge is 0.311 e. The number of benzene rings is 1. The van der Waals surface area contributed by atoms with Crippen molar-refractivity contribution in [2.75, 3.05) is 0 Å². The molecule has 82 valence electrons. The summed E-state index contributed by atoms with van der Waals surface area (Å²) in [6.45, 7) is 1.97. The SMILES string of the molecule is CCCC(C(=O)O)c1cc(Cl)ccc1Br. The summed E-state index contributed by atoms with van der Waals surface area (Å²) in [5.74, 6) is -1.29. The number of aliphatic carboxylic acids is 1. The van der Waals surface area contributed by atoms with Crippen LogP contribution in [0.1, 0.15) is 31.2 Å². The van der Waals surface area contributed by atoms with E-state index >= 15 is 0 Å². The van der Waals surface area contributed by atoms with E-state index in [-0.39, 0.29) is 0 Å². The Bertz CT molecular complexity index is 366. The third-order valence-electron chi connectivity index (χ3n) is 2.21. The van der Waals surface area contributed by atoms with Crippen LogP contribution >= 0.6 is 27.5 Å². The van der Waals surface area contributed by atoms with E-state index in [0.717, 1.165) is 16.5 Å². The van der Waals surface area contributed by atoms with Crippen LogP contribution in [0.4, 0.5) is 0 Å². The lowest BCUT2D eigenvalue weighted by Crippen LogP contribution is -2.11. The zero-order valence-electron chi connectivity index (χ0n) is 8.34. The normalized spacial score (nSPS) is 12.5. The second-order valence-corrected chi connectivity index (χ2v) is 4.64. The molecule has 1 unspecified atom stereocenters. The number of hydrogen-bond donors (Lipinski definition) is 1. The lowest BCUT2D eigenvalue weighted by molar-refractivity contribution is -0.139. The summed E-state index contributed by atoms with van der Waals surface area (Å²) in [5.41, 5.74) is 0.747. The van der Waals surface area contributed by atoms with Gasteiger partial charge in [0, 0.05) is 9.50 Å². The van der Waals surface area contributed by atoms with E-state index in [1.54, 1.807) is 18.2 Å². The molecule has 1 atom stereocenters. The summed E-state index contributed by atoms with van der Waals surface area (Å²) in [6, 6.07) is 5.23. The van der Waals surface area contributed by atoms with Gasteiger partial charge in [0.15, 0.2) is 0 Å². The van der Waals surface area contributed by atoms with Gasteiger partial charge in [0.2, 0.25) is 0 Å². The van der Waals surface area contributed by atoms with E-state index < -0.39 is 11.9 Å². The maximum Gasteiger partial charge on any atom is 0.311 e. The van der Waals surface area contributed by atoms with E-state index in [2.05, 4.69) is 15.9 Å². The van der Waals surface area contributed by atoms with Crippen molar-refractivity contribution in [1.29, 1.82) is 0 Å². The first kappa shape index (κ1) is 12.5. The second-order valence-electron chi connectivity index (χ2n) is 3.35. The van der Waals surface area contributed by atoms with E-state index in [1.807, 2.05) is 6.92 Å². The Balaban J connectivity index is 3.09. The number of halogens is 2. The largest absolute Gasteiger partial charge is 0.481 e. The first-order valence-electron chi connectivity index (χ1n) is 4.74. The number of carbonyl (C=O) groups is 1. The van der Waals surface area contributed by atoms with Gasteiger partial charge in [-0.2, -0.15) is 0 Å². The van der Waals surface area contributed by atoms with Crippen LogP contribution < -0.4 is 0 Å². The van der Waals surface area contributed by atoms with Crippen molar-refractivity contribution < 1.29 is 9.90 Å². The number of rotatable bonds is 4. The Kier molecular flexibility index (Phi) is 4.61. The highest BCUT2D eigenvalue weighted by molar-refractivity contribution is 9.10. The average Bonchev–Trinajstić information content (AvgIpc) is 2.18. The third-order valence-corrected chi connectivity index (χ3v) is 3.17. The molecular formula is C11H12BrClO2. The maximum atomic E-state index is 11.1. The quantitative estimate of drug-likeness (QED) is 0.908. The second kappa shape index (κ2) is 5.52. The Morgan fingerprint density at radius 3 is 2.80 bits per heavy atom. The lowest BCUT2D eigenvalue weighted by atomic mass is 9.95. The molecule has 2 nitrogen and oxygen atoms in total. The Hall–Kier alpha value is -0.540. The van der Waals surface area contributed by atoms with Crippen LogP contribution in [0.5, 0.6) is 0 Å². The van der Waals surface area contributed by atoms with Crippen LogP contribution in [0.25, 0.3) is 0 Å². The summed E-state index contributed by atoms with van der Waals surface area (Å²) in [4.78, 5) is 11.1. The Labute approximate surface area is 102 Å². The zero-order valence-corrected chi connectivity index (χ0v) is 10.7. The van der Waals surface area contributed by atoms with Crippen LogP contribution in [-0.4, -0.2) is 11.1 Å². The Morgan fingerprint density at radius 1 is 1.60 bits per heavy atom. The molecule has 1 rings (SSSR count). The molecular weight excluding hydrogens is 279 g/mol. The van der Waals surface area contributed by atoms with Crippen LogP contribution in [0, 0.1) is 0 Å². The van der Waals surface area contributed by atoms with Gasteiger partial charge in [-0.3, -0.25) is 4.79 Å². The molecule has 15 heavy (non-hydrogen) atoms. The minimum atomic E-state index is -0.806. The van der Waals surface area contributed by atoms with Crippen LogP contribution in [0.15, 0.2) is 22.7 Å². The van der Waals surface area contributed by atoms with Crippen LogP contribution in [0.3, 0.4) is 0 Å². The standard InChI is InChI=1S/C11H12BrClO2/c1-2-3-8(11(14)15)9-6-7(13)4-5-10(9)12/h4-6,8H,2-3H2,1H3,(H,14,15). The van der Waals surface area contributed by atoms with E-state index in [1.165, 1.54) is 0 Å². The van der Waals surface area contributed by atoms with Crippen molar-refractivity contribution >= 4 is 33.5 Å². The van der Waals surface area contributed by atoms with Gasteiger partial charge in [-0.05, 0) is 30.2 Å². The molecule has 0 aliphatic rings. The third kappa shape index (κ3) is 3.21. The van der Waals surface area contributed by atoms with Gasteiger partial charge in [0.25, 0.3) is 0 Å². The van der Waals surface area contributed by atoms with E-state index in [4.69, 9.17) is 16.7 Å². The molecule has 0 saturated carbocycles. The highest BCUT2D eigenvalue weighted by Gasteiger charge is 2.21. The molecule has 1 N–H and O–H groups in total. The molecule has 0 spiro atoms. The minimum absolute atomic E-state index is 0.483. The molecule has 0 saturated heterocycles. The lowest BCUT2D eigenvalue weighted by Gasteiger charge is -2.13. The van der Waals surface area contributed by atoms with Crippen LogP contribution in [0.2, 0.25) is 5.02 Å². The fourth-order valence-corrected chi connectivity index (χ4v) is 2.19. The van der Waals surface area contributed by atoms with Gasteiger partial charge in [-0.25, -0.2) is 0 Å². The fraction of sp³-hybridized carbons (Fsp3) is 0.364. The van der Waals surface area contributed by atoms with Crippen molar-refractivity contribution in [3.05, 3.63) is 33.3 Å². The molecule has 4 heteroatoms. The van der Waals surface area contributed by atoms with Crippen molar-refractivity contribution in [1.82, 2.24) is 0 Å². The summed E-state index contributed by atoms with van der Waals surface area (Å²) >= 11 is 9.20. The van der Waals surface area contributed by atoms with Crippen molar-refractivity contribution in [3.8, 4) is 0 Å². The number of hydrogen-bond acceptors (Lipinski definition) is 1. The predicted octanol–water partition coefficient (Wildman–Crippen LogP) is 4.07. The summed E-state index contributed by atoms with van der Waals surface area (Å²) < 4.78 is 0.799. The van der Waals surface area contributed by atoms with Gasteiger partial charge < -0.3 is 5.11 Å². The molecule has 0 aromatic heterocycles. The molecule has 0 radical (unpaired) electrons. The average molecular weight is 292 g/mol. The highest BCUT2D eigenvalue weighted by Crippen LogP contribution is 2.31. The van der Waals surface area contributed by atoms with E-state index in [9.17, 15) is 4.79 Å². The summed E-state index contributed by atoms with van der Waals surface area (Å²) in [7, 11) is 0. The molecule has 0 amide bonds. The van der Waals surface area contributed by atoms with Gasteiger partial charge in [0.1, 0.15) is 0 Å². The fourth-order valence-electron chi connectivity index (χ4n) is 1.48. The summed E-state index contributed by atoms with van der Waals surface area (Å²) in [5, 5.41) is 9.67. The van der Waals surface area contributed by atoms with Gasteiger partial charge in [-0.1, -0.05) is 40.9 Å². The van der Waals surface area contributed by atoms with Crippen LogP contribution in [-0.2, 0) is 4.79 Å². The molecule has 0 bridgehead atoms. The molecule has 0 aliphatic carbocycles. The first-order valence-corrected chi connectivity index (χ1v) is 5.91. The highest BCUT2D eigenvalue weighted by atomic mass is 79.9. The summed E-state index contributed by atoms with van der Waals surface area (Å²) in [6.07, 6.45) is 1.45. The minimum Gasteiger partial charge on any atom is -0.481 e. The number of carboxylic acids is 1. The topological polar surface area (TPSA) is 37.3 Å². The molecule has 1 aromatic rings. The van der Waals surface area contributed by atoms with Crippen molar-refractivity contribution in [2.24, 2.45) is 0 Å². The van der Waals surface area contributed by atoms with Crippen molar-refractivity contribution in [2.45, 2.75) is 25.7 Å². The number of carboxylic acid groups (broad SMARTS) is 1. The molecule has 0 heterocycles. The first-order chi connectivity index (χ1) is 7.06. The molecule has 0 fully saturated rings. The van der Waals surface area contributed by atoms with Gasteiger partial charge in [-0.15, -0.1) is 0 Å². The molecule has 0 aliphatic heterocycles. The predicted molar refractivity (Wildman–Crippen MR) is 64.4 cm³/mol. The van der Waals surface area contributed by atoms with Gasteiger partial charge in [0.05, 0.1) is 5.92 Å². The van der Waals surface area contributed by atoms with Crippen molar-refractivity contribution in [3.63, 3.8) is 0 Å². The zero-order chi connectivity index (χ0) is 11.4. The van der Waals surface area contributed by atoms with E-state index in [0.29, 0.717) is 11.4 Å². The maximum absolute atomic E-state index is 11.1. The van der Waals surface area contributed by atoms with Gasteiger partial charge >= 0.3 is 5.97 Å².